The van der Waals surface area contributed by atoms with Crippen LogP contribution in [0.2, 0.25) is 0 Å². The van der Waals surface area contributed by atoms with Crippen molar-refractivity contribution in [2.24, 2.45) is 0 Å². The monoisotopic (exact) mass is 390 g/mol. The number of hydrogen-bond donors (Lipinski definition) is 1. The third-order valence-corrected chi connectivity index (χ3v) is 5.00. The molecule has 28 heavy (non-hydrogen) atoms. The number of halogens is 2. The molecule has 1 N–H and O–H groups in total. The van der Waals surface area contributed by atoms with E-state index in [4.69, 9.17) is 4.74 Å². The van der Waals surface area contributed by atoms with Gasteiger partial charge in [-0.05, 0) is 30.3 Å². The second kappa shape index (κ2) is 9.01. The highest BCUT2D eigenvalue weighted by molar-refractivity contribution is 5.77. The number of nitrogens with zero attached hydrogens (tertiary/aromatic N) is 2. The molecule has 0 aromatic heterocycles. The summed E-state index contributed by atoms with van der Waals surface area (Å²) in [6, 6.07) is 11.6. The summed E-state index contributed by atoms with van der Waals surface area (Å²) in [6.07, 6.45) is 0. The van der Waals surface area contributed by atoms with E-state index in [2.05, 4.69) is 0 Å². The average molecular weight is 390 g/mol. The Bertz CT molecular complexity index is 823. The molecule has 7 heteroatoms. The lowest BCUT2D eigenvalue weighted by Gasteiger charge is -2.36. The van der Waals surface area contributed by atoms with Crippen LogP contribution in [0.4, 0.5) is 14.5 Å². The number of methoxy groups -OCH3 is 1. The molecular formula is C21H26F2N3O2+. The number of benzene rings is 2. The molecule has 1 aliphatic heterocycles. The number of hydrogen-bond acceptors (Lipinski definition) is 3. The molecule has 0 saturated carbocycles. The Morgan fingerprint density at radius 3 is 2.43 bits per heavy atom. The van der Waals surface area contributed by atoms with Gasteiger partial charge in [0.25, 0.3) is 5.91 Å². The first kappa shape index (κ1) is 20.1. The molecule has 1 atom stereocenters. The number of rotatable bonds is 6. The van der Waals surface area contributed by atoms with Crippen molar-refractivity contribution in [3.8, 4) is 5.75 Å². The van der Waals surface area contributed by atoms with E-state index in [9.17, 15) is 13.6 Å². The Kier molecular flexibility index (Phi) is 6.46. The lowest BCUT2D eigenvalue weighted by molar-refractivity contribution is -0.885. The van der Waals surface area contributed by atoms with Crippen molar-refractivity contribution in [2.75, 3.05) is 51.8 Å². The van der Waals surface area contributed by atoms with E-state index in [0.29, 0.717) is 45.0 Å². The summed E-state index contributed by atoms with van der Waals surface area (Å²) in [5.74, 6) is -0.369. The summed E-state index contributed by atoms with van der Waals surface area (Å²) >= 11 is 0. The molecule has 1 amide bonds. The lowest BCUT2D eigenvalue weighted by atomic mass is 10.2. The summed E-state index contributed by atoms with van der Waals surface area (Å²) in [4.78, 5) is 17.4. The number of anilines is 1. The van der Waals surface area contributed by atoms with Gasteiger partial charge < -0.3 is 19.4 Å². The minimum absolute atomic E-state index is 0.0552. The van der Waals surface area contributed by atoms with Gasteiger partial charge in [0, 0.05) is 31.7 Å². The third-order valence-electron chi connectivity index (χ3n) is 5.00. The van der Waals surface area contributed by atoms with Gasteiger partial charge in [-0.15, -0.1) is 0 Å². The van der Waals surface area contributed by atoms with Gasteiger partial charge in [0.05, 0.1) is 19.8 Å². The number of carbonyl (C=O) groups excluding carboxylic acids is 1. The van der Waals surface area contributed by atoms with Crippen LogP contribution in [0.5, 0.6) is 5.75 Å². The largest absolute Gasteiger partial charge is 0.494 e. The Balaban J connectivity index is 1.50. The van der Waals surface area contributed by atoms with E-state index in [0.717, 1.165) is 10.5 Å². The first-order chi connectivity index (χ1) is 13.5. The van der Waals surface area contributed by atoms with Crippen LogP contribution in [-0.4, -0.2) is 57.7 Å². The third kappa shape index (κ3) is 4.78. The van der Waals surface area contributed by atoms with Gasteiger partial charge in [-0.2, -0.15) is 0 Å². The summed E-state index contributed by atoms with van der Waals surface area (Å²) in [7, 11) is 3.34. The Hall–Kier alpha value is -2.67. The van der Waals surface area contributed by atoms with Gasteiger partial charge in [-0.3, -0.25) is 4.79 Å². The molecule has 1 saturated heterocycles. The number of para-hydroxylation sites is 1. The van der Waals surface area contributed by atoms with Crippen LogP contribution in [0.1, 0.15) is 5.56 Å². The molecule has 1 heterocycles. The predicted molar refractivity (Wildman–Crippen MR) is 104 cm³/mol. The number of ether oxygens (including phenoxy) is 1. The van der Waals surface area contributed by atoms with Crippen molar-refractivity contribution in [1.82, 2.24) is 4.90 Å². The minimum Gasteiger partial charge on any atom is -0.494 e. The normalized spacial score (nSPS) is 15.4. The van der Waals surface area contributed by atoms with Crippen LogP contribution < -0.4 is 14.5 Å². The van der Waals surface area contributed by atoms with Crippen molar-refractivity contribution >= 4 is 11.6 Å². The quantitative estimate of drug-likeness (QED) is 0.809. The highest BCUT2D eigenvalue weighted by Gasteiger charge is 2.24. The number of nitrogens with one attached hydrogen (secondary N) is 1. The molecule has 5 nitrogen and oxygen atoms in total. The first-order valence-corrected chi connectivity index (χ1v) is 9.39. The maximum absolute atomic E-state index is 13.9. The SMILES string of the molecule is COc1ccc(C[NH+](C)CC(=O)N2CCN(c3ccccc3F)CC2)cc1F. The van der Waals surface area contributed by atoms with E-state index < -0.39 is 5.82 Å². The number of amides is 1. The molecule has 150 valence electrons. The molecule has 3 rings (SSSR count). The van der Waals surface area contributed by atoms with Crippen molar-refractivity contribution in [1.29, 1.82) is 0 Å². The van der Waals surface area contributed by atoms with Gasteiger partial charge in [-0.1, -0.05) is 12.1 Å². The minimum atomic E-state index is -0.400. The fourth-order valence-electron chi connectivity index (χ4n) is 3.51. The smallest absolute Gasteiger partial charge is 0.277 e. The highest BCUT2D eigenvalue weighted by atomic mass is 19.1. The van der Waals surface area contributed by atoms with E-state index in [1.807, 2.05) is 29.0 Å². The van der Waals surface area contributed by atoms with E-state index in [-0.39, 0.29) is 17.5 Å². The maximum Gasteiger partial charge on any atom is 0.277 e. The molecule has 0 spiro atoms. The van der Waals surface area contributed by atoms with Crippen LogP contribution in [0.25, 0.3) is 0 Å². The molecule has 0 aliphatic carbocycles. The van der Waals surface area contributed by atoms with Crippen molar-refractivity contribution in [3.05, 3.63) is 59.7 Å². The van der Waals surface area contributed by atoms with E-state index in [1.165, 1.54) is 19.2 Å². The zero-order valence-electron chi connectivity index (χ0n) is 16.3. The molecule has 0 radical (unpaired) electrons. The zero-order valence-corrected chi connectivity index (χ0v) is 16.3. The van der Waals surface area contributed by atoms with Gasteiger partial charge in [0.1, 0.15) is 12.4 Å². The lowest BCUT2D eigenvalue weighted by Crippen LogP contribution is -3.09. The zero-order chi connectivity index (χ0) is 20.1. The average Bonchev–Trinajstić information content (AvgIpc) is 2.68. The van der Waals surface area contributed by atoms with Gasteiger partial charge in [0.2, 0.25) is 0 Å². The molecule has 2 aromatic carbocycles. The molecule has 2 aromatic rings. The van der Waals surface area contributed by atoms with Crippen molar-refractivity contribution < 1.29 is 23.2 Å². The number of likely N-dealkylation sites (N-methyl/N-ethyl adjacent to an activating group) is 1. The number of quaternary nitrogens is 1. The summed E-state index contributed by atoms with van der Waals surface area (Å²) in [5, 5.41) is 0. The molecular weight excluding hydrogens is 364 g/mol. The van der Waals surface area contributed by atoms with Crippen LogP contribution in [0.3, 0.4) is 0 Å². The van der Waals surface area contributed by atoms with Crippen molar-refractivity contribution in [2.45, 2.75) is 6.54 Å². The van der Waals surface area contributed by atoms with Gasteiger partial charge in [0.15, 0.2) is 18.1 Å². The number of carbonyl (C=O) groups is 1. The molecule has 1 unspecified atom stereocenters. The first-order valence-electron chi connectivity index (χ1n) is 9.39. The summed E-state index contributed by atoms with van der Waals surface area (Å²) in [6.45, 7) is 3.22. The van der Waals surface area contributed by atoms with Gasteiger partial charge in [-0.25, -0.2) is 8.78 Å². The van der Waals surface area contributed by atoms with Crippen LogP contribution in [0, 0.1) is 11.6 Å². The second-order valence-electron chi connectivity index (χ2n) is 7.10. The molecule has 0 bridgehead atoms. The van der Waals surface area contributed by atoms with Crippen LogP contribution in [-0.2, 0) is 11.3 Å². The molecule has 1 aliphatic rings. The Labute approximate surface area is 164 Å². The van der Waals surface area contributed by atoms with Gasteiger partial charge >= 0.3 is 0 Å². The summed E-state index contributed by atoms with van der Waals surface area (Å²) in [5.41, 5.74) is 1.40. The topological polar surface area (TPSA) is 37.2 Å². The van der Waals surface area contributed by atoms with Crippen molar-refractivity contribution in [3.63, 3.8) is 0 Å². The summed E-state index contributed by atoms with van der Waals surface area (Å²) < 4.78 is 32.7. The molecule has 1 fully saturated rings. The van der Waals surface area contributed by atoms with Crippen LogP contribution >= 0.6 is 0 Å². The highest BCUT2D eigenvalue weighted by Crippen LogP contribution is 2.20. The predicted octanol–water partition coefficient (Wildman–Crippen LogP) is 1.34. The van der Waals surface area contributed by atoms with E-state index >= 15 is 0 Å². The van der Waals surface area contributed by atoms with E-state index in [1.54, 1.807) is 18.2 Å². The Morgan fingerprint density at radius 2 is 1.79 bits per heavy atom. The van der Waals surface area contributed by atoms with Crippen LogP contribution in [0.15, 0.2) is 42.5 Å². The maximum atomic E-state index is 13.9. The Morgan fingerprint density at radius 1 is 1.07 bits per heavy atom. The second-order valence-corrected chi connectivity index (χ2v) is 7.10. The number of piperazine rings is 1. The fourth-order valence-corrected chi connectivity index (χ4v) is 3.51. The standard InChI is InChI=1S/C21H25F2N3O2/c1-24(14-16-7-8-20(28-2)18(23)13-16)15-21(27)26-11-9-25(10-12-26)19-6-4-3-5-17(19)22/h3-8,13H,9-12,14-15H2,1-2H3/p+1. The fraction of sp³-hybridized carbons (Fsp3) is 0.381.